The highest BCUT2D eigenvalue weighted by Crippen LogP contribution is 2.37. The average molecular weight is 452 g/mol. The summed E-state index contributed by atoms with van der Waals surface area (Å²) in [4.78, 5) is 16.5. The molecule has 0 aliphatic rings. The number of aromatic nitrogens is 3. The van der Waals surface area contributed by atoms with Gasteiger partial charge in [0, 0.05) is 17.1 Å². The van der Waals surface area contributed by atoms with Crippen LogP contribution in [0.2, 0.25) is 0 Å². The molecule has 2 aromatic heterocycles. The second-order valence-electron chi connectivity index (χ2n) is 7.75. The summed E-state index contributed by atoms with van der Waals surface area (Å²) in [6.07, 6.45) is 1.57. The van der Waals surface area contributed by atoms with E-state index in [1.54, 1.807) is 35.1 Å². The van der Waals surface area contributed by atoms with Gasteiger partial charge in [0.05, 0.1) is 29.7 Å². The lowest BCUT2D eigenvalue weighted by molar-refractivity contribution is 0.0602. The first-order chi connectivity index (χ1) is 16.6. The number of hydrogen-bond acceptors (Lipinski definition) is 5. The molecule has 0 saturated carbocycles. The van der Waals surface area contributed by atoms with Gasteiger partial charge in [-0.2, -0.15) is 5.10 Å². The average Bonchev–Trinajstić information content (AvgIpc) is 3.20. The first kappa shape index (κ1) is 21.3. The van der Waals surface area contributed by atoms with Crippen LogP contribution >= 0.6 is 0 Å². The van der Waals surface area contributed by atoms with Crippen molar-refractivity contribution in [3.05, 3.63) is 102 Å². The molecule has 3 aromatic carbocycles. The number of hydrogen-bond donors (Lipinski definition) is 1. The van der Waals surface area contributed by atoms with Gasteiger partial charge in [-0.15, -0.1) is 0 Å². The van der Waals surface area contributed by atoms with Gasteiger partial charge < -0.3 is 10.1 Å². The van der Waals surface area contributed by atoms with Crippen molar-refractivity contribution in [3.63, 3.8) is 0 Å². The van der Waals surface area contributed by atoms with Crippen LogP contribution in [0.5, 0.6) is 0 Å². The van der Waals surface area contributed by atoms with Gasteiger partial charge in [0.1, 0.15) is 17.2 Å². The van der Waals surface area contributed by atoms with Crippen molar-refractivity contribution in [1.82, 2.24) is 14.8 Å². The Morgan fingerprint density at radius 3 is 2.56 bits per heavy atom. The fourth-order valence-electron chi connectivity index (χ4n) is 4.04. The summed E-state index contributed by atoms with van der Waals surface area (Å²) < 4.78 is 21.7. The van der Waals surface area contributed by atoms with Gasteiger partial charge >= 0.3 is 5.97 Å². The summed E-state index contributed by atoms with van der Waals surface area (Å²) in [5.74, 6) is -0.279. The minimum absolute atomic E-state index is 0.310. The predicted octanol–water partition coefficient (Wildman–Crippen LogP) is 6.07. The largest absolute Gasteiger partial charge is 0.465 e. The molecule has 7 heteroatoms. The highest BCUT2D eigenvalue weighted by Gasteiger charge is 2.22. The van der Waals surface area contributed by atoms with Crippen molar-refractivity contribution in [2.24, 2.45) is 0 Å². The third-order valence-electron chi connectivity index (χ3n) is 5.59. The minimum atomic E-state index is -0.463. The number of carbonyl (C=O) groups excluding carboxylic acids is 1. The van der Waals surface area contributed by atoms with Crippen LogP contribution in [-0.2, 0) is 4.74 Å². The number of ether oxygens (including phenoxy) is 1. The van der Waals surface area contributed by atoms with E-state index in [4.69, 9.17) is 9.84 Å². The molecule has 168 valence electrons. The van der Waals surface area contributed by atoms with E-state index in [1.807, 2.05) is 55.5 Å². The number of fused-ring (bicyclic) bond motifs is 1. The summed E-state index contributed by atoms with van der Waals surface area (Å²) in [6.45, 7) is 1.87. The second kappa shape index (κ2) is 8.78. The molecule has 0 fully saturated rings. The molecule has 0 atom stereocenters. The molecule has 6 nitrogen and oxygen atoms in total. The Bertz CT molecular complexity index is 1510. The molecule has 1 N–H and O–H groups in total. The molecule has 0 bridgehead atoms. The van der Waals surface area contributed by atoms with E-state index in [0.717, 1.165) is 5.69 Å². The molecule has 0 saturated heterocycles. The van der Waals surface area contributed by atoms with Crippen molar-refractivity contribution in [2.75, 3.05) is 12.4 Å². The van der Waals surface area contributed by atoms with Gasteiger partial charge in [-0.1, -0.05) is 36.4 Å². The highest BCUT2D eigenvalue weighted by molar-refractivity contribution is 5.97. The maximum Gasteiger partial charge on any atom is 0.339 e. The highest BCUT2D eigenvalue weighted by atomic mass is 19.1. The van der Waals surface area contributed by atoms with Crippen LogP contribution in [0.4, 0.5) is 15.9 Å². The molecule has 0 aliphatic carbocycles. The predicted molar refractivity (Wildman–Crippen MR) is 130 cm³/mol. The third kappa shape index (κ3) is 3.77. The Hall–Kier alpha value is -4.52. The molecule has 2 heterocycles. The number of methoxy groups -OCH3 is 1. The van der Waals surface area contributed by atoms with Crippen LogP contribution < -0.4 is 5.32 Å². The van der Waals surface area contributed by atoms with E-state index in [0.29, 0.717) is 44.8 Å². The molecule has 5 aromatic rings. The van der Waals surface area contributed by atoms with Crippen molar-refractivity contribution in [1.29, 1.82) is 0 Å². The standard InChI is InChI=1S/C27H21FN4O2/c1-17-24(19-15-18-9-8-14-29-25(18)22(28)16-19)26(32(31-17)20-10-4-3-5-11-20)30-23-13-7-6-12-21(23)27(33)34-2/h3-16,30H,1-2H3. The molecular formula is C27H21FN4O2. The molecule has 0 amide bonds. The molecule has 0 aliphatic heterocycles. The number of anilines is 2. The molecule has 0 spiro atoms. The lowest BCUT2D eigenvalue weighted by Crippen LogP contribution is -2.08. The summed E-state index contributed by atoms with van der Waals surface area (Å²) in [5, 5.41) is 8.81. The molecule has 34 heavy (non-hydrogen) atoms. The van der Waals surface area contributed by atoms with Gasteiger partial charge in [-0.05, 0) is 55.0 Å². The van der Waals surface area contributed by atoms with Crippen molar-refractivity contribution >= 4 is 28.4 Å². The van der Waals surface area contributed by atoms with Gasteiger partial charge in [0.2, 0.25) is 0 Å². The zero-order chi connectivity index (χ0) is 23.7. The van der Waals surface area contributed by atoms with Crippen LogP contribution in [-0.4, -0.2) is 27.8 Å². The smallest absolute Gasteiger partial charge is 0.339 e. The van der Waals surface area contributed by atoms with Gasteiger partial charge in [0.15, 0.2) is 0 Å². The van der Waals surface area contributed by atoms with E-state index in [1.165, 1.54) is 13.2 Å². The Morgan fingerprint density at radius 2 is 1.76 bits per heavy atom. The van der Waals surface area contributed by atoms with E-state index in [-0.39, 0.29) is 0 Å². The Kier molecular flexibility index (Phi) is 5.51. The second-order valence-corrected chi connectivity index (χ2v) is 7.75. The number of pyridine rings is 1. The lowest BCUT2D eigenvalue weighted by Gasteiger charge is -2.15. The van der Waals surface area contributed by atoms with Crippen molar-refractivity contribution in [2.45, 2.75) is 6.92 Å². The Balaban J connectivity index is 1.75. The SMILES string of the molecule is COC(=O)c1ccccc1Nc1c(-c2cc(F)c3ncccc3c2)c(C)nn1-c1ccccc1. The fourth-order valence-corrected chi connectivity index (χ4v) is 4.04. The molecular weight excluding hydrogens is 431 g/mol. The number of esters is 1. The topological polar surface area (TPSA) is 69.0 Å². The number of halogens is 1. The lowest BCUT2D eigenvalue weighted by atomic mass is 10.0. The van der Waals surface area contributed by atoms with Crippen molar-refractivity contribution in [3.8, 4) is 16.8 Å². The third-order valence-corrected chi connectivity index (χ3v) is 5.59. The normalized spacial score (nSPS) is 10.9. The molecule has 5 rings (SSSR count). The zero-order valence-electron chi connectivity index (χ0n) is 18.6. The van der Waals surface area contributed by atoms with E-state index in [9.17, 15) is 9.18 Å². The quantitative estimate of drug-likeness (QED) is 0.328. The zero-order valence-corrected chi connectivity index (χ0v) is 18.6. The number of aryl methyl sites for hydroxylation is 1. The summed E-state index contributed by atoms with van der Waals surface area (Å²) in [6, 6.07) is 23.6. The maximum absolute atomic E-state index is 15.0. The summed E-state index contributed by atoms with van der Waals surface area (Å²) >= 11 is 0. The summed E-state index contributed by atoms with van der Waals surface area (Å²) in [7, 11) is 1.34. The van der Waals surface area contributed by atoms with Gasteiger partial charge in [-0.25, -0.2) is 13.9 Å². The van der Waals surface area contributed by atoms with Crippen LogP contribution in [0.15, 0.2) is 85.1 Å². The van der Waals surface area contributed by atoms with Crippen molar-refractivity contribution < 1.29 is 13.9 Å². The van der Waals surface area contributed by atoms with Crippen LogP contribution in [0.1, 0.15) is 16.1 Å². The Morgan fingerprint density at radius 1 is 1.00 bits per heavy atom. The number of rotatable bonds is 5. The fraction of sp³-hybridized carbons (Fsp3) is 0.0741. The number of benzene rings is 3. The van der Waals surface area contributed by atoms with Crippen LogP contribution in [0.3, 0.4) is 0 Å². The monoisotopic (exact) mass is 452 g/mol. The van der Waals surface area contributed by atoms with Crippen LogP contribution in [0.25, 0.3) is 27.7 Å². The number of carbonyl (C=O) groups is 1. The first-order valence-corrected chi connectivity index (χ1v) is 10.7. The van der Waals surface area contributed by atoms with Gasteiger partial charge in [-0.3, -0.25) is 4.98 Å². The van der Waals surface area contributed by atoms with Gasteiger partial charge in [0.25, 0.3) is 0 Å². The van der Waals surface area contributed by atoms with E-state index in [2.05, 4.69) is 10.3 Å². The van der Waals surface area contributed by atoms with Crippen LogP contribution in [0, 0.1) is 12.7 Å². The molecule has 0 radical (unpaired) electrons. The first-order valence-electron chi connectivity index (χ1n) is 10.7. The number of nitrogens with zero attached hydrogens (tertiary/aromatic N) is 3. The summed E-state index contributed by atoms with van der Waals surface area (Å²) in [5.41, 5.74) is 4.12. The van der Waals surface area contributed by atoms with E-state index >= 15 is 0 Å². The Labute approximate surface area is 195 Å². The maximum atomic E-state index is 15.0. The minimum Gasteiger partial charge on any atom is -0.465 e. The number of nitrogens with one attached hydrogen (secondary N) is 1. The van der Waals surface area contributed by atoms with E-state index < -0.39 is 11.8 Å². The molecule has 0 unspecified atom stereocenters. The number of para-hydroxylation sites is 2.